The molecule has 0 aliphatic rings. The van der Waals surface area contributed by atoms with Crippen LogP contribution in [0.5, 0.6) is 0 Å². The molecule has 0 saturated heterocycles. The van der Waals surface area contributed by atoms with E-state index in [1.54, 1.807) is 0 Å². The van der Waals surface area contributed by atoms with Gasteiger partial charge in [0.2, 0.25) is 5.91 Å². The summed E-state index contributed by atoms with van der Waals surface area (Å²) in [7, 11) is 3.75. The highest BCUT2D eigenvalue weighted by Gasteiger charge is 2.13. The molecule has 0 unspecified atom stereocenters. The number of aryl methyl sites for hydroxylation is 2. The number of amides is 1. The van der Waals surface area contributed by atoms with Crippen LogP contribution >= 0.6 is 0 Å². The normalized spacial score (nSPS) is 10.6. The fourth-order valence-electron chi connectivity index (χ4n) is 2.28. The van der Waals surface area contributed by atoms with Crippen LogP contribution in [-0.4, -0.2) is 31.4 Å². The van der Waals surface area contributed by atoms with Gasteiger partial charge in [0.25, 0.3) is 0 Å². The van der Waals surface area contributed by atoms with Gasteiger partial charge in [0, 0.05) is 26.6 Å². The highest BCUT2D eigenvalue weighted by molar-refractivity contribution is 5.76. The largest absolute Gasteiger partial charge is 0.341 e. The summed E-state index contributed by atoms with van der Waals surface area (Å²) in [6.45, 7) is 9.98. The van der Waals surface area contributed by atoms with Gasteiger partial charge in [0.1, 0.15) is 0 Å². The second-order valence-electron chi connectivity index (χ2n) is 5.34. The number of rotatable bonds is 5. The maximum absolute atomic E-state index is 12.0. The van der Waals surface area contributed by atoms with Crippen molar-refractivity contribution in [3.05, 3.63) is 33.9 Å². The summed E-state index contributed by atoms with van der Waals surface area (Å²) in [5.41, 5.74) is 6.49. The summed E-state index contributed by atoms with van der Waals surface area (Å²) in [6, 6.07) is 2.22. The van der Waals surface area contributed by atoms with Crippen molar-refractivity contribution in [3.8, 4) is 0 Å². The van der Waals surface area contributed by atoms with E-state index in [2.05, 4.69) is 39.1 Å². The van der Waals surface area contributed by atoms with Crippen LogP contribution in [0.4, 0.5) is 0 Å². The summed E-state index contributed by atoms with van der Waals surface area (Å²) in [4.78, 5) is 13.8. The third kappa shape index (κ3) is 3.80. The van der Waals surface area contributed by atoms with Crippen LogP contribution in [0.3, 0.4) is 0 Å². The van der Waals surface area contributed by atoms with Crippen LogP contribution in [-0.2, 0) is 11.3 Å². The third-order valence-corrected chi connectivity index (χ3v) is 3.93. The minimum Gasteiger partial charge on any atom is -0.341 e. The van der Waals surface area contributed by atoms with Gasteiger partial charge in [-0.2, -0.15) is 0 Å². The summed E-state index contributed by atoms with van der Waals surface area (Å²) in [6.07, 6.45) is 0.551. The first-order chi connectivity index (χ1) is 8.88. The molecular weight excluding hydrogens is 236 g/mol. The van der Waals surface area contributed by atoms with Gasteiger partial charge in [-0.05, 0) is 62.6 Å². The Balaban J connectivity index is 2.90. The zero-order valence-corrected chi connectivity index (χ0v) is 13.1. The van der Waals surface area contributed by atoms with Crippen LogP contribution < -0.4 is 5.32 Å². The summed E-state index contributed by atoms with van der Waals surface area (Å²) in [5, 5.41) is 3.01. The number of carbonyl (C=O) groups is 1. The zero-order chi connectivity index (χ0) is 14.6. The van der Waals surface area contributed by atoms with Crippen molar-refractivity contribution in [1.82, 2.24) is 10.2 Å². The molecule has 19 heavy (non-hydrogen) atoms. The highest BCUT2D eigenvalue weighted by Crippen LogP contribution is 2.22. The molecule has 0 atom stereocenters. The molecule has 0 spiro atoms. The van der Waals surface area contributed by atoms with Crippen molar-refractivity contribution in [2.45, 2.75) is 40.7 Å². The van der Waals surface area contributed by atoms with Gasteiger partial charge in [0.05, 0.1) is 0 Å². The van der Waals surface area contributed by atoms with Crippen LogP contribution in [0.25, 0.3) is 0 Å². The molecular formula is C16H26N2O. The topological polar surface area (TPSA) is 32.3 Å². The van der Waals surface area contributed by atoms with Crippen molar-refractivity contribution in [3.63, 3.8) is 0 Å². The lowest BCUT2D eigenvalue weighted by Gasteiger charge is -2.22. The van der Waals surface area contributed by atoms with E-state index in [1.807, 2.05) is 19.0 Å². The van der Waals surface area contributed by atoms with Crippen molar-refractivity contribution in [2.75, 3.05) is 20.6 Å². The summed E-state index contributed by atoms with van der Waals surface area (Å²) in [5.74, 6) is 0.187. The van der Waals surface area contributed by atoms with Crippen LogP contribution in [0.15, 0.2) is 6.07 Å². The fourth-order valence-corrected chi connectivity index (χ4v) is 2.28. The minimum absolute atomic E-state index is 0.187. The Morgan fingerprint density at radius 1 is 1.16 bits per heavy atom. The Morgan fingerprint density at radius 2 is 1.68 bits per heavy atom. The third-order valence-electron chi connectivity index (χ3n) is 3.93. The van der Waals surface area contributed by atoms with Crippen LogP contribution in [0.1, 0.15) is 34.2 Å². The zero-order valence-electron chi connectivity index (χ0n) is 13.1. The van der Waals surface area contributed by atoms with Gasteiger partial charge < -0.3 is 10.2 Å². The molecule has 3 nitrogen and oxygen atoms in total. The summed E-state index contributed by atoms with van der Waals surface area (Å²) >= 11 is 0. The van der Waals surface area contributed by atoms with Crippen molar-refractivity contribution < 1.29 is 4.79 Å². The van der Waals surface area contributed by atoms with Gasteiger partial charge in [-0.3, -0.25) is 4.79 Å². The molecule has 1 aromatic carbocycles. The number of benzene rings is 1. The minimum atomic E-state index is 0.187. The lowest BCUT2D eigenvalue weighted by Crippen LogP contribution is -2.29. The molecule has 1 rings (SSSR count). The molecule has 0 aliphatic carbocycles. The second-order valence-corrected chi connectivity index (χ2v) is 5.34. The molecule has 0 aromatic heterocycles. The highest BCUT2D eigenvalue weighted by atomic mass is 16.2. The van der Waals surface area contributed by atoms with Crippen LogP contribution in [0, 0.1) is 27.7 Å². The first kappa shape index (κ1) is 15.7. The second kappa shape index (κ2) is 6.71. The maximum atomic E-state index is 12.0. The van der Waals surface area contributed by atoms with E-state index < -0.39 is 0 Å². The molecule has 1 aromatic rings. The van der Waals surface area contributed by atoms with E-state index in [9.17, 15) is 4.79 Å². The fraction of sp³-hybridized carbons (Fsp3) is 0.562. The number of hydrogen-bond acceptors (Lipinski definition) is 2. The monoisotopic (exact) mass is 262 g/mol. The van der Waals surface area contributed by atoms with E-state index in [0.29, 0.717) is 13.0 Å². The predicted molar refractivity (Wildman–Crippen MR) is 80.4 cm³/mol. The molecule has 106 valence electrons. The Kier molecular flexibility index (Phi) is 5.55. The Morgan fingerprint density at radius 3 is 2.16 bits per heavy atom. The number of nitrogens with zero attached hydrogens (tertiary/aromatic N) is 1. The standard InChI is InChI=1S/C16H26N2O/c1-11-9-12(2)14(4)15(13(11)3)10-18(6)16(19)7-8-17-5/h9,17H,7-8,10H2,1-6H3. The SMILES string of the molecule is CNCCC(=O)N(C)Cc1c(C)c(C)cc(C)c1C. The Bertz CT molecular complexity index is 440. The van der Waals surface area contributed by atoms with Gasteiger partial charge in [-0.25, -0.2) is 0 Å². The van der Waals surface area contributed by atoms with Crippen LogP contribution in [0.2, 0.25) is 0 Å². The van der Waals surface area contributed by atoms with Crippen molar-refractivity contribution in [1.29, 1.82) is 0 Å². The Hall–Kier alpha value is -1.35. The molecule has 0 saturated carbocycles. The molecule has 0 bridgehead atoms. The average Bonchev–Trinajstić information content (AvgIpc) is 2.38. The van der Waals surface area contributed by atoms with E-state index in [0.717, 1.165) is 6.54 Å². The predicted octanol–water partition coefficient (Wildman–Crippen LogP) is 2.49. The molecule has 3 heteroatoms. The van der Waals surface area contributed by atoms with E-state index in [-0.39, 0.29) is 5.91 Å². The molecule has 0 heterocycles. The van der Waals surface area contributed by atoms with Crippen molar-refractivity contribution >= 4 is 5.91 Å². The van der Waals surface area contributed by atoms with Crippen molar-refractivity contribution in [2.24, 2.45) is 0 Å². The smallest absolute Gasteiger partial charge is 0.223 e. The van der Waals surface area contributed by atoms with E-state index >= 15 is 0 Å². The van der Waals surface area contributed by atoms with Gasteiger partial charge in [-0.15, -0.1) is 0 Å². The average molecular weight is 262 g/mol. The quantitative estimate of drug-likeness (QED) is 0.884. The first-order valence-electron chi connectivity index (χ1n) is 6.83. The lowest BCUT2D eigenvalue weighted by atomic mass is 9.94. The van der Waals surface area contributed by atoms with Gasteiger partial charge in [0.15, 0.2) is 0 Å². The molecule has 0 radical (unpaired) electrons. The molecule has 0 aliphatic heterocycles. The first-order valence-corrected chi connectivity index (χ1v) is 6.83. The van der Waals surface area contributed by atoms with E-state index in [4.69, 9.17) is 0 Å². The lowest BCUT2D eigenvalue weighted by molar-refractivity contribution is -0.130. The molecule has 1 N–H and O–H groups in total. The van der Waals surface area contributed by atoms with E-state index in [1.165, 1.54) is 27.8 Å². The van der Waals surface area contributed by atoms with Gasteiger partial charge >= 0.3 is 0 Å². The van der Waals surface area contributed by atoms with Gasteiger partial charge in [-0.1, -0.05) is 6.07 Å². The maximum Gasteiger partial charge on any atom is 0.223 e. The Labute approximate surface area is 117 Å². The number of carbonyl (C=O) groups excluding carboxylic acids is 1. The summed E-state index contributed by atoms with van der Waals surface area (Å²) < 4.78 is 0. The number of nitrogens with one attached hydrogen (secondary N) is 1. The molecule has 1 amide bonds. The number of hydrogen-bond donors (Lipinski definition) is 1. The molecule has 0 fully saturated rings.